The minimum atomic E-state index is -3.92. The molecule has 94 valence electrons. The first-order valence-corrected chi connectivity index (χ1v) is 6.98. The fourth-order valence-electron chi connectivity index (χ4n) is 1.52. The Morgan fingerprint density at radius 1 is 1.47 bits per heavy atom. The molecule has 0 bridgehead atoms. The second-order valence-corrected chi connectivity index (χ2v) is 6.55. The zero-order valence-electron chi connectivity index (χ0n) is 8.60. The first-order valence-electron chi connectivity index (χ1n) is 4.75. The van der Waals surface area contributed by atoms with Crippen LogP contribution >= 0.6 is 15.9 Å². The molecule has 0 unspecified atom stereocenters. The molecule has 1 aromatic rings. The van der Waals surface area contributed by atoms with Gasteiger partial charge in [-0.1, -0.05) is 0 Å². The van der Waals surface area contributed by atoms with Crippen LogP contribution in [0.1, 0.15) is 0 Å². The van der Waals surface area contributed by atoms with Gasteiger partial charge in [0, 0.05) is 18.8 Å². The van der Waals surface area contributed by atoms with Gasteiger partial charge in [-0.2, -0.15) is 4.31 Å². The van der Waals surface area contributed by atoms with Gasteiger partial charge in [0.2, 0.25) is 10.0 Å². The summed E-state index contributed by atoms with van der Waals surface area (Å²) in [5, 5.41) is 9.07. The molecule has 0 radical (unpaired) electrons. The van der Waals surface area contributed by atoms with Crippen molar-refractivity contribution in [3.8, 4) is 0 Å². The standard InChI is InChI=1S/C9H10BrFN2O3S/c10-7-1-5(12)2-8(9(7)11)17(15,16)13-3-6(14)4-13/h1-2,6,14H,3-4,12H2. The van der Waals surface area contributed by atoms with Crippen molar-refractivity contribution in [3.63, 3.8) is 0 Å². The highest BCUT2D eigenvalue weighted by molar-refractivity contribution is 9.10. The molecule has 0 aliphatic carbocycles. The van der Waals surface area contributed by atoms with E-state index in [2.05, 4.69) is 15.9 Å². The van der Waals surface area contributed by atoms with Crippen LogP contribution in [0.15, 0.2) is 21.5 Å². The minimum Gasteiger partial charge on any atom is -0.399 e. The number of nitrogens with zero attached hydrogens (tertiary/aromatic N) is 1. The van der Waals surface area contributed by atoms with Gasteiger partial charge in [0.25, 0.3) is 0 Å². The van der Waals surface area contributed by atoms with Crippen LogP contribution in [0.3, 0.4) is 0 Å². The molecule has 1 aliphatic rings. The van der Waals surface area contributed by atoms with Crippen LogP contribution in [0.5, 0.6) is 0 Å². The van der Waals surface area contributed by atoms with Crippen molar-refractivity contribution in [2.24, 2.45) is 0 Å². The average Bonchev–Trinajstić information content (AvgIpc) is 2.18. The Kier molecular flexibility index (Phi) is 3.15. The van der Waals surface area contributed by atoms with Crippen LogP contribution in [0.2, 0.25) is 0 Å². The van der Waals surface area contributed by atoms with E-state index in [1.54, 1.807) is 0 Å². The number of sulfonamides is 1. The van der Waals surface area contributed by atoms with Crippen molar-refractivity contribution in [2.45, 2.75) is 11.0 Å². The molecule has 5 nitrogen and oxygen atoms in total. The number of aliphatic hydroxyl groups is 1. The van der Waals surface area contributed by atoms with E-state index in [4.69, 9.17) is 10.8 Å². The number of rotatable bonds is 2. The summed E-state index contributed by atoms with van der Waals surface area (Å²) in [7, 11) is -3.92. The van der Waals surface area contributed by atoms with Gasteiger partial charge >= 0.3 is 0 Å². The number of aliphatic hydroxyl groups excluding tert-OH is 1. The van der Waals surface area contributed by atoms with E-state index in [1.165, 1.54) is 6.07 Å². The summed E-state index contributed by atoms with van der Waals surface area (Å²) in [6.07, 6.45) is -0.683. The molecular formula is C9H10BrFN2O3S. The van der Waals surface area contributed by atoms with E-state index < -0.39 is 26.8 Å². The first-order chi connectivity index (χ1) is 7.82. The van der Waals surface area contributed by atoms with E-state index in [0.29, 0.717) is 0 Å². The lowest BCUT2D eigenvalue weighted by Gasteiger charge is -2.34. The fourth-order valence-corrected chi connectivity index (χ4v) is 3.77. The summed E-state index contributed by atoms with van der Waals surface area (Å²) in [6.45, 7) is -0.0393. The van der Waals surface area contributed by atoms with E-state index in [0.717, 1.165) is 10.4 Å². The van der Waals surface area contributed by atoms with E-state index >= 15 is 0 Å². The molecule has 0 amide bonds. The predicted molar refractivity (Wildman–Crippen MR) is 63.3 cm³/mol. The van der Waals surface area contributed by atoms with Crippen LogP contribution in [-0.4, -0.2) is 37.0 Å². The number of nitrogens with two attached hydrogens (primary N) is 1. The topological polar surface area (TPSA) is 83.6 Å². The fraction of sp³-hybridized carbons (Fsp3) is 0.333. The van der Waals surface area contributed by atoms with E-state index in [-0.39, 0.29) is 23.2 Å². The third-order valence-electron chi connectivity index (χ3n) is 2.46. The SMILES string of the molecule is Nc1cc(Br)c(F)c(S(=O)(=O)N2CC(O)C2)c1. The molecule has 0 aromatic heterocycles. The smallest absolute Gasteiger partial charge is 0.246 e. The van der Waals surface area contributed by atoms with Gasteiger partial charge in [0.1, 0.15) is 4.90 Å². The number of anilines is 1. The van der Waals surface area contributed by atoms with Gasteiger partial charge in [-0.25, -0.2) is 12.8 Å². The highest BCUT2D eigenvalue weighted by Crippen LogP contribution is 2.30. The Labute approximate surface area is 106 Å². The zero-order valence-corrected chi connectivity index (χ0v) is 11.0. The number of hydrogen-bond acceptors (Lipinski definition) is 4. The molecule has 0 spiro atoms. The molecule has 1 saturated heterocycles. The molecule has 3 N–H and O–H groups in total. The highest BCUT2D eigenvalue weighted by atomic mass is 79.9. The van der Waals surface area contributed by atoms with E-state index in [9.17, 15) is 12.8 Å². The second-order valence-electron chi connectivity index (χ2n) is 3.79. The van der Waals surface area contributed by atoms with Crippen molar-refractivity contribution in [2.75, 3.05) is 18.8 Å². The number of benzene rings is 1. The predicted octanol–water partition coefficient (Wildman–Crippen LogP) is 0.536. The largest absolute Gasteiger partial charge is 0.399 e. The molecule has 17 heavy (non-hydrogen) atoms. The lowest BCUT2D eigenvalue weighted by Crippen LogP contribution is -2.53. The average molecular weight is 325 g/mol. The molecule has 2 rings (SSSR count). The molecule has 1 aliphatic heterocycles. The summed E-state index contributed by atoms with van der Waals surface area (Å²) in [6, 6.07) is 2.36. The third-order valence-corrected chi connectivity index (χ3v) is 4.87. The molecule has 0 saturated carbocycles. The lowest BCUT2D eigenvalue weighted by molar-refractivity contribution is 0.0546. The van der Waals surface area contributed by atoms with Crippen molar-refractivity contribution in [3.05, 3.63) is 22.4 Å². The van der Waals surface area contributed by atoms with E-state index in [1.807, 2.05) is 0 Å². The van der Waals surface area contributed by atoms with Crippen molar-refractivity contribution in [1.29, 1.82) is 0 Å². The summed E-state index contributed by atoms with van der Waals surface area (Å²) in [5.74, 6) is -0.874. The maximum Gasteiger partial charge on any atom is 0.246 e. The molecule has 1 fully saturated rings. The minimum absolute atomic E-state index is 0.00264. The second kappa shape index (κ2) is 4.20. The number of β-amino-alcohol motifs (C(OH)–C–C–N with tert-alkyl or cyclic N) is 1. The van der Waals surface area contributed by atoms with Gasteiger partial charge in [0.15, 0.2) is 5.82 Å². The molecule has 1 aromatic carbocycles. The summed E-state index contributed by atoms with van der Waals surface area (Å²) in [5.41, 5.74) is 5.63. The Hall–Kier alpha value is -0.700. The van der Waals surface area contributed by atoms with Crippen LogP contribution in [0, 0.1) is 5.82 Å². The van der Waals surface area contributed by atoms with Crippen LogP contribution in [0.25, 0.3) is 0 Å². The number of nitrogen functional groups attached to an aromatic ring is 1. The first kappa shape index (κ1) is 12.7. The Balaban J connectivity index is 2.47. The summed E-state index contributed by atoms with van der Waals surface area (Å²) in [4.78, 5) is -0.476. The highest BCUT2D eigenvalue weighted by Gasteiger charge is 2.37. The summed E-state index contributed by atoms with van der Waals surface area (Å²) < 4.78 is 38.7. The van der Waals surface area contributed by atoms with Gasteiger partial charge in [-0.15, -0.1) is 0 Å². The maximum atomic E-state index is 13.7. The number of hydrogen-bond donors (Lipinski definition) is 2. The normalized spacial score (nSPS) is 18.1. The van der Waals surface area contributed by atoms with Crippen molar-refractivity contribution in [1.82, 2.24) is 4.31 Å². The molecule has 1 heterocycles. The van der Waals surface area contributed by atoms with Crippen LogP contribution in [-0.2, 0) is 10.0 Å². The van der Waals surface area contributed by atoms with Crippen LogP contribution < -0.4 is 5.73 Å². The van der Waals surface area contributed by atoms with Crippen LogP contribution in [0.4, 0.5) is 10.1 Å². The number of halogens is 2. The third kappa shape index (κ3) is 2.17. The lowest BCUT2D eigenvalue weighted by atomic mass is 10.2. The summed E-state index contributed by atoms with van der Waals surface area (Å²) >= 11 is 2.90. The quantitative estimate of drug-likeness (QED) is 0.777. The Morgan fingerprint density at radius 3 is 2.59 bits per heavy atom. The zero-order chi connectivity index (χ0) is 12.8. The monoisotopic (exact) mass is 324 g/mol. The molecular weight excluding hydrogens is 315 g/mol. The molecule has 8 heteroatoms. The molecule has 0 atom stereocenters. The van der Waals surface area contributed by atoms with Gasteiger partial charge < -0.3 is 10.8 Å². The van der Waals surface area contributed by atoms with Crippen molar-refractivity contribution >= 4 is 31.6 Å². The van der Waals surface area contributed by atoms with Crippen molar-refractivity contribution < 1.29 is 17.9 Å². The van der Waals surface area contributed by atoms with Gasteiger partial charge in [-0.3, -0.25) is 0 Å². The Morgan fingerprint density at radius 2 is 2.06 bits per heavy atom. The van der Waals surface area contributed by atoms with Gasteiger partial charge in [0.05, 0.1) is 10.6 Å². The van der Waals surface area contributed by atoms with Gasteiger partial charge in [-0.05, 0) is 28.1 Å². The Bertz CT molecular complexity index is 558. The maximum absolute atomic E-state index is 13.7.